The van der Waals surface area contributed by atoms with E-state index >= 15 is 0 Å². The molecule has 2 rings (SSSR count). The summed E-state index contributed by atoms with van der Waals surface area (Å²) in [6.07, 6.45) is 2.11. The maximum Gasteiger partial charge on any atom is 0.266 e. The Bertz CT molecular complexity index is 790. The fourth-order valence-corrected chi connectivity index (χ4v) is 2.68. The molecule has 1 aromatic carbocycles. The van der Waals surface area contributed by atoms with Crippen LogP contribution in [0.25, 0.3) is 11.1 Å². The second kappa shape index (κ2) is 7.15. The summed E-state index contributed by atoms with van der Waals surface area (Å²) in [5.41, 5.74) is 4.10. The van der Waals surface area contributed by atoms with Crippen LogP contribution >= 0.6 is 0 Å². The highest BCUT2D eigenvalue weighted by Gasteiger charge is 2.13. The molecule has 0 saturated heterocycles. The molecule has 23 heavy (non-hydrogen) atoms. The molecule has 0 atom stereocenters. The minimum Gasteiger partial charge on any atom is -0.493 e. The van der Waals surface area contributed by atoms with Crippen molar-refractivity contribution in [2.75, 3.05) is 6.61 Å². The summed E-state index contributed by atoms with van der Waals surface area (Å²) in [7, 11) is 0. The number of H-pyrrole nitrogens is 1. The smallest absolute Gasteiger partial charge is 0.266 e. The molecule has 0 fully saturated rings. The lowest BCUT2D eigenvalue weighted by molar-refractivity contribution is 0.305. The van der Waals surface area contributed by atoms with E-state index in [1.165, 1.54) is 0 Å². The minimum atomic E-state index is -0.346. The van der Waals surface area contributed by atoms with Crippen LogP contribution in [-0.4, -0.2) is 11.6 Å². The summed E-state index contributed by atoms with van der Waals surface area (Å²) in [6, 6.07) is 7.80. The second-order valence-corrected chi connectivity index (χ2v) is 5.82. The first-order valence-corrected chi connectivity index (χ1v) is 7.86. The van der Waals surface area contributed by atoms with E-state index in [-0.39, 0.29) is 11.1 Å². The molecular weight excluding hydrogens is 288 g/mol. The Morgan fingerprint density at radius 3 is 2.39 bits per heavy atom. The van der Waals surface area contributed by atoms with Crippen LogP contribution in [-0.2, 0) is 0 Å². The van der Waals surface area contributed by atoms with Crippen LogP contribution in [0.3, 0.4) is 0 Å². The highest BCUT2D eigenvalue weighted by atomic mass is 16.5. The number of unbranched alkanes of at least 4 members (excludes halogenated alkanes) is 1. The second-order valence-electron chi connectivity index (χ2n) is 5.82. The van der Waals surface area contributed by atoms with Gasteiger partial charge in [-0.3, -0.25) is 4.79 Å². The molecule has 0 aliphatic carbocycles. The molecule has 0 bridgehead atoms. The molecular formula is C19H22N2O2. The molecule has 2 aromatic rings. The first-order valence-electron chi connectivity index (χ1n) is 7.86. The largest absolute Gasteiger partial charge is 0.493 e. The lowest BCUT2D eigenvalue weighted by Crippen LogP contribution is -2.12. The third kappa shape index (κ3) is 3.62. The van der Waals surface area contributed by atoms with Gasteiger partial charge in [-0.05, 0) is 62.1 Å². The van der Waals surface area contributed by atoms with E-state index in [9.17, 15) is 10.1 Å². The van der Waals surface area contributed by atoms with Crippen molar-refractivity contribution >= 4 is 0 Å². The Hall–Kier alpha value is -2.54. The van der Waals surface area contributed by atoms with E-state index in [0.717, 1.165) is 41.0 Å². The Kier molecular flexibility index (Phi) is 5.23. The summed E-state index contributed by atoms with van der Waals surface area (Å²) in [5, 5.41) is 9.29. The van der Waals surface area contributed by atoms with Gasteiger partial charge in [-0.15, -0.1) is 0 Å². The summed E-state index contributed by atoms with van der Waals surface area (Å²) in [4.78, 5) is 14.6. The van der Waals surface area contributed by atoms with Gasteiger partial charge in [0.2, 0.25) is 0 Å². The fourth-order valence-electron chi connectivity index (χ4n) is 2.68. The summed E-state index contributed by atoms with van der Waals surface area (Å²) >= 11 is 0. The molecule has 0 spiro atoms. The van der Waals surface area contributed by atoms with Crippen molar-refractivity contribution in [1.29, 1.82) is 5.26 Å². The van der Waals surface area contributed by atoms with Crippen molar-refractivity contribution < 1.29 is 4.74 Å². The van der Waals surface area contributed by atoms with E-state index in [1.807, 2.05) is 45.0 Å². The van der Waals surface area contributed by atoms with Gasteiger partial charge in [-0.2, -0.15) is 5.26 Å². The average molecular weight is 310 g/mol. The third-order valence-corrected chi connectivity index (χ3v) is 3.80. The monoisotopic (exact) mass is 310 g/mol. The average Bonchev–Trinajstić information content (AvgIpc) is 2.49. The zero-order valence-electron chi connectivity index (χ0n) is 14.1. The van der Waals surface area contributed by atoms with Crippen molar-refractivity contribution in [3.63, 3.8) is 0 Å². The number of ether oxygens (including phenoxy) is 1. The molecule has 1 N–H and O–H groups in total. The Balaban J connectivity index is 2.51. The fraction of sp³-hybridized carbons (Fsp3) is 0.368. The van der Waals surface area contributed by atoms with Crippen molar-refractivity contribution in [2.45, 2.75) is 40.5 Å². The van der Waals surface area contributed by atoms with Gasteiger partial charge in [-0.25, -0.2) is 0 Å². The molecule has 0 amide bonds. The van der Waals surface area contributed by atoms with Gasteiger partial charge >= 0.3 is 0 Å². The van der Waals surface area contributed by atoms with Crippen LogP contribution in [0.15, 0.2) is 23.0 Å². The van der Waals surface area contributed by atoms with Gasteiger partial charge in [0.25, 0.3) is 5.56 Å². The maximum absolute atomic E-state index is 12.0. The molecule has 4 nitrogen and oxygen atoms in total. The van der Waals surface area contributed by atoms with E-state index < -0.39 is 0 Å². The van der Waals surface area contributed by atoms with Crippen LogP contribution in [0.4, 0.5) is 0 Å². The summed E-state index contributed by atoms with van der Waals surface area (Å²) in [5.74, 6) is 0.891. The quantitative estimate of drug-likeness (QED) is 0.848. The summed E-state index contributed by atoms with van der Waals surface area (Å²) < 4.78 is 5.87. The van der Waals surface area contributed by atoms with Gasteiger partial charge < -0.3 is 9.72 Å². The standard InChI is InChI=1S/C19H22N2O2/c1-5-6-7-23-18-12(2)8-15(9-13(18)3)16-10-14(4)21-19(22)17(16)11-20/h8-10H,5-7H2,1-4H3,(H,21,22). The van der Waals surface area contributed by atoms with E-state index in [2.05, 4.69) is 11.9 Å². The SMILES string of the molecule is CCCCOc1c(C)cc(-c2cc(C)[nH]c(=O)c2C#N)cc1C. The van der Waals surface area contributed by atoms with E-state index in [1.54, 1.807) is 0 Å². The normalized spacial score (nSPS) is 10.4. The predicted octanol–water partition coefficient (Wildman–Crippen LogP) is 4.02. The number of aromatic amines is 1. The Morgan fingerprint density at radius 1 is 1.17 bits per heavy atom. The van der Waals surface area contributed by atoms with Gasteiger partial charge in [-0.1, -0.05) is 13.3 Å². The topological polar surface area (TPSA) is 65.9 Å². The number of nitriles is 1. The number of hydrogen-bond donors (Lipinski definition) is 1. The molecule has 1 heterocycles. The molecule has 1 aromatic heterocycles. The number of aromatic nitrogens is 1. The minimum absolute atomic E-state index is 0.147. The number of nitrogens with zero attached hydrogens (tertiary/aromatic N) is 1. The molecule has 0 radical (unpaired) electrons. The summed E-state index contributed by atoms with van der Waals surface area (Å²) in [6.45, 7) is 8.62. The molecule has 120 valence electrons. The van der Waals surface area contributed by atoms with Crippen molar-refractivity contribution in [2.24, 2.45) is 0 Å². The van der Waals surface area contributed by atoms with Gasteiger partial charge in [0.15, 0.2) is 0 Å². The van der Waals surface area contributed by atoms with Crippen molar-refractivity contribution in [3.8, 4) is 22.9 Å². The predicted molar refractivity (Wildman–Crippen MR) is 91.8 cm³/mol. The number of hydrogen-bond acceptors (Lipinski definition) is 3. The number of nitrogens with one attached hydrogen (secondary N) is 1. The number of aryl methyl sites for hydroxylation is 3. The van der Waals surface area contributed by atoms with Gasteiger partial charge in [0, 0.05) is 11.3 Å². The van der Waals surface area contributed by atoms with Gasteiger partial charge in [0.1, 0.15) is 17.4 Å². The van der Waals surface area contributed by atoms with E-state index in [4.69, 9.17) is 4.74 Å². The third-order valence-electron chi connectivity index (χ3n) is 3.80. The zero-order valence-corrected chi connectivity index (χ0v) is 14.1. The first kappa shape index (κ1) is 16.8. The van der Waals surface area contributed by atoms with E-state index in [0.29, 0.717) is 12.2 Å². The molecule has 0 saturated carbocycles. The van der Waals surface area contributed by atoms with Crippen molar-refractivity contribution in [1.82, 2.24) is 4.98 Å². The van der Waals surface area contributed by atoms with Crippen LogP contribution in [0.2, 0.25) is 0 Å². The number of pyridine rings is 1. The number of benzene rings is 1. The lowest BCUT2D eigenvalue weighted by Gasteiger charge is -2.15. The Morgan fingerprint density at radius 2 is 1.83 bits per heavy atom. The van der Waals surface area contributed by atoms with Gasteiger partial charge in [0.05, 0.1) is 6.61 Å². The lowest BCUT2D eigenvalue weighted by atomic mass is 9.96. The van der Waals surface area contributed by atoms with Crippen LogP contribution in [0.1, 0.15) is 42.1 Å². The highest BCUT2D eigenvalue weighted by Crippen LogP contribution is 2.31. The van der Waals surface area contributed by atoms with Crippen LogP contribution in [0.5, 0.6) is 5.75 Å². The van der Waals surface area contributed by atoms with Crippen LogP contribution < -0.4 is 10.3 Å². The first-order chi connectivity index (χ1) is 11.0. The maximum atomic E-state index is 12.0. The molecule has 4 heteroatoms. The molecule has 0 aliphatic heterocycles. The Labute approximate surface area is 136 Å². The zero-order chi connectivity index (χ0) is 17.0. The number of rotatable bonds is 5. The van der Waals surface area contributed by atoms with Crippen molar-refractivity contribution in [3.05, 3.63) is 50.9 Å². The van der Waals surface area contributed by atoms with Crippen LogP contribution in [0, 0.1) is 32.1 Å². The highest BCUT2D eigenvalue weighted by molar-refractivity contribution is 5.72. The molecule has 0 unspecified atom stereocenters. The molecule has 0 aliphatic rings.